The number of carbonyl (C=O) groups excluding carboxylic acids is 1. The van der Waals surface area contributed by atoms with Crippen LogP contribution in [0.5, 0.6) is 11.5 Å². The summed E-state index contributed by atoms with van der Waals surface area (Å²) < 4.78 is 6.02. The van der Waals surface area contributed by atoms with Gasteiger partial charge in [0.2, 0.25) is 0 Å². The number of hydrogen-bond acceptors (Lipinski definition) is 4. The van der Waals surface area contributed by atoms with E-state index in [0.717, 1.165) is 5.56 Å². The number of halogens is 2. The van der Waals surface area contributed by atoms with Crippen molar-refractivity contribution in [1.82, 2.24) is 5.43 Å². The normalized spacial score (nSPS) is 10.7. The molecular formula is C16H14BrClN2O3. The van der Waals surface area contributed by atoms with Gasteiger partial charge in [-0.15, -0.1) is 0 Å². The van der Waals surface area contributed by atoms with Crippen LogP contribution in [0.15, 0.2) is 46.0 Å². The molecule has 0 fully saturated rings. The lowest BCUT2D eigenvalue weighted by atomic mass is 10.1. The Morgan fingerprint density at radius 1 is 1.39 bits per heavy atom. The van der Waals surface area contributed by atoms with Gasteiger partial charge in [-0.1, -0.05) is 23.2 Å². The predicted molar refractivity (Wildman–Crippen MR) is 93.2 cm³/mol. The molecule has 0 saturated carbocycles. The second kappa shape index (κ2) is 7.99. The fourth-order valence-electron chi connectivity index (χ4n) is 1.72. The molecule has 0 aliphatic carbocycles. The minimum atomic E-state index is -0.421. The fourth-order valence-corrected chi connectivity index (χ4v) is 2.52. The van der Waals surface area contributed by atoms with Crippen molar-refractivity contribution in [2.75, 3.05) is 6.61 Å². The molecule has 23 heavy (non-hydrogen) atoms. The topological polar surface area (TPSA) is 70.9 Å². The number of carbonyl (C=O) groups is 1. The predicted octanol–water partition coefficient (Wildman–Crippen LogP) is 3.65. The van der Waals surface area contributed by atoms with Crippen LogP contribution in [0.25, 0.3) is 0 Å². The van der Waals surface area contributed by atoms with E-state index in [1.54, 1.807) is 36.4 Å². The third kappa shape index (κ3) is 5.26. The van der Waals surface area contributed by atoms with E-state index in [4.69, 9.17) is 16.3 Å². The third-order valence-electron chi connectivity index (χ3n) is 2.83. The summed E-state index contributed by atoms with van der Waals surface area (Å²) in [6, 6.07) is 10.1. The number of ether oxygens (including phenoxy) is 1. The van der Waals surface area contributed by atoms with E-state index in [9.17, 15) is 9.90 Å². The molecule has 0 saturated heterocycles. The van der Waals surface area contributed by atoms with Crippen molar-refractivity contribution < 1.29 is 14.6 Å². The van der Waals surface area contributed by atoms with Crippen LogP contribution in [0.4, 0.5) is 0 Å². The lowest BCUT2D eigenvalue weighted by molar-refractivity contribution is -0.123. The summed E-state index contributed by atoms with van der Waals surface area (Å²) in [5, 5.41) is 14.0. The third-order valence-corrected chi connectivity index (χ3v) is 3.68. The maximum atomic E-state index is 11.7. The highest BCUT2D eigenvalue weighted by Crippen LogP contribution is 2.27. The zero-order valence-electron chi connectivity index (χ0n) is 12.2. The summed E-state index contributed by atoms with van der Waals surface area (Å²) in [4.78, 5) is 11.7. The van der Waals surface area contributed by atoms with Crippen LogP contribution >= 0.6 is 27.5 Å². The molecule has 0 aliphatic rings. The monoisotopic (exact) mass is 396 g/mol. The Labute approximate surface area is 147 Å². The van der Waals surface area contributed by atoms with Crippen LogP contribution in [0.2, 0.25) is 5.02 Å². The van der Waals surface area contributed by atoms with Crippen LogP contribution < -0.4 is 10.2 Å². The molecule has 120 valence electrons. The highest BCUT2D eigenvalue weighted by atomic mass is 79.9. The number of nitrogens with zero attached hydrogens (tertiary/aromatic N) is 1. The molecule has 2 rings (SSSR count). The summed E-state index contributed by atoms with van der Waals surface area (Å²) in [6.45, 7) is 1.70. The Morgan fingerprint density at radius 3 is 2.91 bits per heavy atom. The standard InChI is InChI=1S/C16H14BrClN2O3/c1-10-2-4-14(21)11(6-10)8-19-20-16(22)9-23-15-5-3-12(18)7-13(15)17/h2-8,21H,9H2,1H3,(H,20,22). The van der Waals surface area contributed by atoms with Gasteiger partial charge in [0.15, 0.2) is 6.61 Å². The Kier molecular flexibility index (Phi) is 6.01. The molecule has 0 heterocycles. The first-order valence-electron chi connectivity index (χ1n) is 6.65. The molecule has 2 aromatic rings. The fraction of sp³-hybridized carbons (Fsp3) is 0.125. The van der Waals surface area contributed by atoms with E-state index in [1.165, 1.54) is 6.21 Å². The summed E-state index contributed by atoms with van der Waals surface area (Å²) in [5.41, 5.74) is 3.83. The van der Waals surface area contributed by atoms with E-state index >= 15 is 0 Å². The van der Waals surface area contributed by atoms with E-state index < -0.39 is 5.91 Å². The number of aryl methyl sites for hydroxylation is 1. The van der Waals surface area contributed by atoms with Crippen molar-refractivity contribution >= 4 is 39.7 Å². The first-order chi connectivity index (χ1) is 11.0. The first-order valence-corrected chi connectivity index (χ1v) is 7.82. The van der Waals surface area contributed by atoms with Crippen molar-refractivity contribution in [2.24, 2.45) is 5.10 Å². The lowest BCUT2D eigenvalue weighted by Gasteiger charge is -2.07. The Balaban J connectivity index is 1.87. The van der Waals surface area contributed by atoms with Crippen LogP contribution in [0, 0.1) is 6.92 Å². The lowest BCUT2D eigenvalue weighted by Crippen LogP contribution is -2.24. The van der Waals surface area contributed by atoms with Gasteiger partial charge in [-0.05, 0) is 53.2 Å². The van der Waals surface area contributed by atoms with Crippen molar-refractivity contribution in [3.05, 3.63) is 57.0 Å². The average Bonchev–Trinajstić information content (AvgIpc) is 2.50. The number of aromatic hydroxyl groups is 1. The Bertz CT molecular complexity index is 750. The number of hydrogen-bond donors (Lipinski definition) is 2. The number of hydrazone groups is 1. The molecule has 0 atom stereocenters. The van der Waals surface area contributed by atoms with Crippen molar-refractivity contribution in [3.63, 3.8) is 0 Å². The zero-order chi connectivity index (χ0) is 16.8. The van der Waals surface area contributed by atoms with E-state index in [2.05, 4.69) is 26.5 Å². The number of phenols is 1. The van der Waals surface area contributed by atoms with Gasteiger partial charge in [0.05, 0.1) is 10.7 Å². The van der Waals surface area contributed by atoms with Crippen molar-refractivity contribution in [1.29, 1.82) is 0 Å². The largest absolute Gasteiger partial charge is 0.507 e. The summed E-state index contributed by atoms with van der Waals surface area (Å²) in [6.07, 6.45) is 1.37. The minimum Gasteiger partial charge on any atom is -0.507 e. The molecule has 2 N–H and O–H groups in total. The molecule has 0 bridgehead atoms. The summed E-state index contributed by atoms with van der Waals surface area (Å²) in [7, 11) is 0. The molecule has 0 radical (unpaired) electrons. The average molecular weight is 398 g/mol. The highest BCUT2D eigenvalue weighted by Gasteiger charge is 2.05. The molecule has 0 aromatic heterocycles. The van der Waals surface area contributed by atoms with Crippen molar-refractivity contribution in [3.8, 4) is 11.5 Å². The zero-order valence-corrected chi connectivity index (χ0v) is 14.6. The molecule has 0 spiro atoms. The van der Waals surface area contributed by atoms with Gasteiger partial charge in [0.1, 0.15) is 11.5 Å². The van der Waals surface area contributed by atoms with Crippen LogP contribution in [-0.4, -0.2) is 23.8 Å². The van der Waals surface area contributed by atoms with Crippen LogP contribution in [0.1, 0.15) is 11.1 Å². The SMILES string of the molecule is Cc1ccc(O)c(C=NNC(=O)COc2ccc(Cl)cc2Br)c1. The number of amides is 1. The van der Waals surface area contributed by atoms with Gasteiger partial charge in [0, 0.05) is 10.6 Å². The maximum absolute atomic E-state index is 11.7. The summed E-state index contributed by atoms with van der Waals surface area (Å²) >= 11 is 9.12. The number of phenolic OH excluding ortho intramolecular Hbond substituents is 1. The Morgan fingerprint density at radius 2 is 2.17 bits per heavy atom. The maximum Gasteiger partial charge on any atom is 0.277 e. The van der Waals surface area contributed by atoms with Crippen LogP contribution in [0.3, 0.4) is 0 Å². The number of nitrogens with one attached hydrogen (secondary N) is 1. The van der Waals surface area contributed by atoms with Gasteiger partial charge in [-0.3, -0.25) is 4.79 Å². The molecule has 1 amide bonds. The molecule has 0 unspecified atom stereocenters. The van der Waals surface area contributed by atoms with Gasteiger partial charge in [0.25, 0.3) is 5.91 Å². The summed E-state index contributed by atoms with van der Waals surface area (Å²) in [5.74, 6) is 0.176. The van der Waals surface area contributed by atoms with Gasteiger partial charge in [-0.2, -0.15) is 5.10 Å². The van der Waals surface area contributed by atoms with E-state index in [0.29, 0.717) is 20.8 Å². The quantitative estimate of drug-likeness (QED) is 0.598. The molecule has 2 aromatic carbocycles. The highest BCUT2D eigenvalue weighted by molar-refractivity contribution is 9.10. The molecule has 5 nitrogen and oxygen atoms in total. The van der Waals surface area contributed by atoms with E-state index in [1.807, 2.05) is 6.92 Å². The van der Waals surface area contributed by atoms with Gasteiger partial charge >= 0.3 is 0 Å². The smallest absolute Gasteiger partial charge is 0.277 e. The Hall–Kier alpha value is -2.05. The van der Waals surface area contributed by atoms with Crippen molar-refractivity contribution in [2.45, 2.75) is 6.92 Å². The second-order valence-corrected chi connectivity index (χ2v) is 6.01. The molecular weight excluding hydrogens is 384 g/mol. The number of rotatable bonds is 5. The molecule has 0 aliphatic heterocycles. The molecule has 7 heteroatoms. The van der Waals surface area contributed by atoms with Gasteiger partial charge in [-0.25, -0.2) is 5.43 Å². The second-order valence-electron chi connectivity index (χ2n) is 4.72. The van der Waals surface area contributed by atoms with E-state index in [-0.39, 0.29) is 12.4 Å². The van der Waals surface area contributed by atoms with Crippen LogP contribution in [-0.2, 0) is 4.79 Å². The minimum absolute atomic E-state index is 0.0925. The van der Waals surface area contributed by atoms with Gasteiger partial charge < -0.3 is 9.84 Å². The first kappa shape index (κ1) is 17.3. The number of benzene rings is 2.